The average Bonchev–Trinajstić information content (AvgIpc) is 2.80. The molecule has 1 aromatic rings. The molecule has 1 aromatic heterocycles. The molecule has 1 heterocycles. The lowest BCUT2D eigenvalue weighted by Gasteiger charge is -2.21. The first-order valence-electron chi connectivity index (χ1n) is 6.35. The van der Waals surface area contributed by atoms with Crippen molar-refractivity contribution in [3.05, 3.63) is 11.4 Å². The van der Waals surface area contributed by atoms with Gasteiger partial charge in [-0.1, -0.05) is 6.42 Å². The van der Waals surface area contributed by atoms with Gasteiger partial charge in [0.25, 0.3) is 0 Å². The molecule has 5 N–H and O–H groups in total. The Labute approximate surface area is 107 Å². The molecule has 2 rings (SSSR count). The lowest BCUT2D eigenvalue weighted by Crippen LogP contribution is -2.27. The Bertz CT molecular complexity index is 423. The van der Waals surface area contributed by atoms with Crippen LogP contribution in [0.2, 0.25) is 0 Å². The highest BCUT2D eigenvalue weighted by Gasteiger charge is 2.27. The van der Waals surface area contributed by atoms with Gasteiger partial charge >= 0.3 is 0 Å². The van der Waals surface area contributed by atoms with Crippen molar-refractivity contribution in [1.82, 2.24) is 9.97 Å². The number of aliphatic hydroxyl groups excluding tert-OH is 1. The van der Waals surface area contributed by atoms with Crippen LogP contribution in [0.4, 0.5) is 11.6 Å². The maximum Gasteiger partial charge on any atom is 0.148 e. The molecule has 6 heteroatoms. The predicted octanol–water partition coefficient (Wildman–Crippen LogP) is 0.952. The Kier molecular flexibility index (Phi) is 3.98. The number of hydrazine groups is 1. The third-order valence-electron chi connectivity index (χ3n) is 3.61. The Hall–Kier alpha value is -1.40. The minimum atomic E-state index is 0.225. The van der Waals surface area contributed by atoms with E-state index in [0.29, 0.717) is 17.6 Å². The molecule has 1 fully saturated rings. The van der Waals surface area contributed by atoms with E-state index in [1.807, 2.05) is 13.8 Å². The van der Waals surface area contributed by atoms with E-state index >= 15 is 0 Å². The molecule has 1 saturated carbocycles. The third kappa shape index (κ3) is 2.54. The average molecular weight is 251 g/mol. The number of hydrogen-bond donors (Lipinski definition) is 4. The van der Waals surface area contributed by atoms with E-state index in [1.165, 1.54) is 0 Å². The fourth-order valence-corrected chi connectivity index (χ4v) is 2.53. The quantitative estimate of drug-likeness (QED) is 0.470. The number of aryl methyl sites for hydroxylation is 1. The highest BCUT2D eigenvalue weighted by Crippen LogP contribution is 2.29. The topological polar surface area (TPSA) is 96.1 Å². The van der Waals surface area contributed by atoms with Gasteiger partial charge in [0, 0.05) is 24.1 Å². The summed E-state index contributed by atoms with van der Waals surface area (Å²) in [7, 11) is 0. The van der Waals surface area contributed by atoms with Crippen LogP contribution >= 0.6 is 0 Å². The van der Waals surface area contributed by atoms with E-state index in [-0.39, 0.29) is 12.6 Å². The van der Waals surface area contributed by atoms with E-state index in [1.54, 1.807) is 0 Å². The SMILES string of the molecule is Cc1nc(NN)c(C)c(NC2CCCC2CO)n1. The summed E-state index contributed by atoms with van der Waals surface area (Å²) < 4.78 is 0. The van der Waals surface area contributed by atoms with Gasteiger partial charge < -0.3 is 15.8 Å². The van der Waals surface area contributed by atoms with E-state index in [0.717, 1.165) is 30.6 Å². The van der Waals surface area contributed by atoms with Crippen molar-refractivity contribution in [2.45, 2.75) is 39.2 Å². The van der Waals surface area contributed by atoms with Crippen molar-refractivity contribution < 1.29 is 5.11 Å². The van der Waals surface area contributed by atoms with Crippen LogP contribution in [0.3, 0.4) is 0 Å². The normalized spacial score (nSPS) is 23.1. The molecule has 2 atom stereocenters. The number of rotatable bonds is 4. The molecule has 100 valence electrons. The lowest BCUT2D eigenvalue weighted by atomic mass is 10.1. The number of nitrogens with zero attached hydrogens (tertiary/aromatic N) is 2. The van der Waals surface area contributed by atoms with Gasteiger partial charge in [0.15, 0.2) is 0 Å². The van der Waals surface area contributed by atoms with Crippen LogP contribution in [0.5, 0.6) is 0 Å². The second-order valence-corrected chi connectivity index (χ2v) is 4.86. The minimum absolute atomic E-state index is 0.225. The second kappa shape index (κ2) is 5.49. The molecule has 0 aromatic carbocycles. The smallest absolute Gasteiger partial charge is 0.148 e. The number of nitrogens with two attached hydrogens (primary N) is 1. The zero-order valence-electron chi connectivity index (χ0n) is 10.9. The molecule has 0 amide bonds. The molecular weight excluding hydrogens is 230 g/mol. The van der Waals surface area contributed by atoms with Gasteiger partial charge in [0.2, 0.25) is 0 Å². The molecule has 0 saturated heterocycles. The summed E-state index contributed by atoms with van der Waals surface area (Å²) in [6, 6.07) is 0.286. The van der Waals surface area contributed by atoms with Gasteiger partial charge in [0.05, 0.1) is 0 Å². The van der Waals surface area contributed by atoms with Crippen molar-refractivity contribution in [3.63, 3.8) is 0 Å². The van der Waals surface area contributed by atoms with E-state index in [4.69, 9.17) is 5.84 Å². The van der Waals surface area contributed by atoms with Gasteiger partial charge in [0.1, 0.15) is 17.5 Å². The molecule has 0 bridgehead atoms. The maximum absolute atomic E-state index is 9.33. The summed E-state index contributed by atoms with van der Waals surface area (Å²) in [6.45, 7) is 3.99. The van der Waals surface area contributed by atoms with Gasteiger partial charge in [-0.2, -0.15) is 0 Å². The monoisotopic (exact) mass is 251 g/mol. The molecular formula is C12H21N5O. The number of nitrogens with one attached hydrogen (secondary N) is 2. The van der Waals surface area contributed by atoms with Crippen LogP contribution in [0.15, 0.2) is 0 Å². The Morgan fingerprint density at radius 2 is 2.00 bits per heavy atom. The Balaban J connectivity index is 2.20. The molecule has 6 nitrogen and oxygen atoms in total. The molecule has 18 heavy (non-hydrogen) atoms. The van der Waals surface area contributed by atoms with Crippen LogP contribution in [0, 0.1) is 19.8 Å². The summed E-state index contributed by atoms with van der Waals surface area (Å²) in [5.74, 6) is 7.88. The molecule has 1 aliphatic carbocycles. The van der Waals surface area contributed by atoms with Crippen molar-refractivity contribution in [2.75, 3.05) is 17.3 Å². The predicted molar refractivity (Wildman–Crippen MR) is 71.2 cm³/mol. The highest BCUT2D eigenvalue weighted by atomic mass is 16.3. The van der Waals surface area contributed by atoms with E-state index in [2.05, 4.69) is 20.7 Å². The van der Waals surface area contributed by atoms with Crippen molar-refractivity contribution >= 4 is 11.6 Å². The molecule has 0 radical (unpaired) electrons. The molecule has 2 unspecified atom stereocenters. The maximum atomic E-state index is 9.33. The number of anilines is 2. The van der Waals surface area contributed by atoms with Crippen molar-refractivity contribution in [2.24, 2.45) is 11.8 Å². The number of aliphatic hydroxyl groups is 1. The summed E-state index contributed by atoms with van der Waals surface area (Å²) in [4.78, 5) is 8.64. The largest absolute Gasteiger partial charge is 0.396 e. The summed E-state index contributed by atoms with van der Waals surface area (Å²) >= 11 is 0. The third-order valence-corrected chi connectivity index (χ3v) is 3.61. The van der Waals surface area contributed by atoms with Crippen molar-refractivity contribution in [1.29, 1.82) is 0 Å². The van der Waals surface area contributed by atoms with Crippen LogP contribution in [-0.4, -0.2) is 27.7 Å². The van der Waals surface area contributed by atoms with Gasteiger partial charge in [-0.05, 0) is 26.7 Å². The standard InChI is InChI=1S/C12H21N5O/c1-7-11(14-8(2)15-12(7)17-13)16-10-5-3-4-9(10)6-18/h9-10,18H,3-6,13H2,1-2H3,(H2,14,15,16,17). The van der Waals surface area contributed by atoms with Gasteiger partial charge in [-0.15, -0.1) is 0 Å². The molecule has 0 spiro atoms. The first kappa shape index (κ1) is 13.0. The van der Waals surface area contributed by atoms with Crippen LogP contribution in [-0.2, 0) is 0 Å². The fraction of sp³-hybridized carbons (Fsp3) is 0.667. The zero-order valence-corrected chi connectivity index (χ0v) is 10.9. The Morgan fingerprint density at radius 3 is 2.67 bits per heavy atom. The van der Waals surface area contributed by atoms with Crippen molar-refractivity contribution in [3.8, 4) is 0 Å². The lowest BCUT2D eigenvalue weighted by molar-refractivity contribution is 0.222. The van der Waals surface area contributed by atoms with Gasteiger partial charge in [-0.3, -0.25) is 0 Å². The first-order chi connectivity index (χ1) is 8.65. The van der Waals surface area contributed by atoms with Crippen LogP contribution in [0.1, 0.15) is 30.7 Å². The Morgan fingerprint density at radius 1 is 1.28 bits per heavy atom. The van der Waals surface area contributed by atoms with Crippen LogP contribution in [0.25, 0.3) is 0 Å². The fourth-order valence-electron chi connectivity index (χ4n) is 2.53. The van der Waals surface area contributed by atoms with E-state index < -0.39 is 0 Å². The zero-order chi connectivity index (χ0) is 13.1. The number of hydrogen-bond acceptors (Lipinski definition) is 6. The second-order valence-electron chi connectivity index (χ2n) is 4.86. The molecule has 0 aliphatic heterocycles. The van der Waals surface area contributed by atoms with Gasteiger partial charge in [-0.25, -0.2) is 15.8 Å². The first-order valence-corrected chi connectivity index (χ1v) is 6.35. The highest BCUT2D eigenvalue weighted by molar-refractivity contribution is 5.57. The summed E-state index contributed by atoms with van der Waals surface area (Å²) in [6.07, 6.45) is 3.28. The minimum Gasteiger partial charge on any atom is -0.396 e. The number of nitrogen functional groups attached to an aromatic ring is 1. The van der Waals surface area contributed by atoms with E-state index in [9.17, 15) is 5.11 Å². The van der Waals surface area contributed by atoms with Crippen LogP contribution < -0.4 is 16.6 Å². The summed E-state index contributed by atoms with van der Waals surface area (Å²) in [5.41, 5.74) is 3.50. The summed E-state index contributed by atoms with van der Waals surface area (Å²) in [5, 5.41) is 12.8. The molecule has 1 aliphatic rings. The number of aromatic nitrogens is 2.